The average molecular weight is 428 g/mol. The van der Waals surface area contributed by atoms with Crippen molar-refractivity contribution in [1.29, 1.82) is 0 Å². The quantitative estimate of drug-likeness (QED) is 0.521. The van der Waals surface area contributed by atoms with E-state index < -0.39 is 5.91 Å². The van der Waals surface area contributed by atoms with E-state index in [9.17, 15) is 9.90 Å². The normalized spacial score (nSPS) is 10.7. The van der Waals surface area contributed by atoms with Crippen molar-refractivity contribution in [2.45, 2.75) is 6.92 Å². The highest BCUT2D eigenvalue weighted by Crippen LogP contribution is 2.28. The second-order valence-electron chi connectivity index (χ2n) is 4.82. The summed E-state index contributed by atoms with van der Waals surface area (Å²) in [6.07, 6.45) is 1.44. The van der Waals surface area contributed by atoms with E-state index in [1.165, 1.54) is 12.3 Å². The van der Waals surface area contributed by atoms with Crippen LogP contribution in [0.25, 0.3) is 0 Å². The van der Waals surface area contributed by atoms with Gasteiger partial charge in [0, 0.05) is 5.02 Å². The molecule has 0 atom stereocenters. The van der Waals surface area contributed by atoms with Gasteiger partial charge < -0.3 is 14.6 Å². The molecule has 0 saturated carbocycles. The van der Waals surface area contributed by atoms with E-state index in [1.807, 2.05) is 6.92 Å². The summed E-state index contributed by atoms with van der Waals surface area (Å²) in [5.74, 6) is 0.490. The molecule has 1 amide bonds. The molecule has 0 aliphatic rings. The van der Waals surface area contributed by atoms with Gasteiger partial charge >= 0.3 is 0 Å². The molecule has 0 aliphatic heterocycles. The molecule has 0 bridgehead atoms. The maximum Gasteiger partial charge on any atom is 0.277 e. The summed E-state index contributed by atoms with van der Waals surface area (Å²) >= 11 is 9.14. The van der Waals surface area contributed by atoms with Crippen LogP contribution >= 0.6 is 27.5 Å². The van der Waals surface area contributed by atoms with Crippen molar-refractivity contribution < 1.29 is 19.4 Å². The number of hydrazone groups is 1. The lowest BCUT2D eigenvalue weighted by Crippen LogP contribution is -2.24. The van der Waals surface area contributed by atoms with Crippen molar-refractivity contribution in [3.63, 3.8) is 0 Å². The summed E-state index contributed by atoms with van der Waals surface area (Å²) in [7, 11) is 0. The van der Waals surface area contributed by atoms with Gasteiger partial charge in [0.15, 0.2) is 18.1 Å². The molecule has 0 aliphatic carbocycles. The first kappa shape index (κ1) is 19.1. The highest BCUT2D eigenvalue weighted by atomic mass is 79.9. The summed E-state index contributed by atoms with van der Waals surface area (Å²) in [5.41, 5.74) is 3.03. The first-order chi connectivity index (χ1) is 12.0. The molecule has 132 valence electrons. The van der Waals surface area contributed by atoms with Crippen molar-refractivity contribution in [2.24, 2.45) is 5.10 Å². The van der Waals surface area contributed by atoms with Gasteiger partial charge in [0.25, 0.3) is 5.91 Å². The standard InChI is InChI=1S/C17H16BrClN2O4/c1-2-24-16-7-11(3-5-14(16)22)9-20-21-17(23)10-25-15-6-4-12(19)8-13(15)18/h3-9,22H,2,10H2,1H3,(H,21,23)/b20-9+. The smallest absolute Gasteiger partial charge is 0.277 e. The van der Waals surface area contributed by atoms with Gasteiger partial charge in [-0.3, -0.25) is 4.79 Å². The molecule has 0 spiro atoms. The van der Waals surface area contributed by atoms with Gasteiger partial charge in [0.2, 0.25) is 0 Å². The number of benzene rings is 2. The molecule has 0 unspecified atom stereocenters. The fourth-order valence-electron chi connectivity index (χ4n) is 1.83. The van der Waals surface area contributed by atoms with Crippen molar-refractivity contribution >= 4 is 39.7 Å². The van der Waals surface area contributed by atoms with Gasteiger partial charge in [-0.05, 0) is 64.8 Å². The number of halogens is 2. The first-order valence-electron chi connectivity index (χ1n) is 7.35. The molecular formula is C17H16BrClN2O4. The SMILES string of the molecule is CCOc1cc(/C=N/NC(=O)COc2ccc(Cl)cc2Br)ccc1O. The average Bonchev–Trinajstić information content (AvgIpc) is 2.57. The Morgan fingerprint density at radius 2 is 2.08 bits per heavy atom. The zero-order valence-corrected chi connectivity index (χ0v) is 15.7. The molecule has 0 aromatic heterocycles. The number of phenols is 1. The summed E-state index contributed by atoms with van der Waals surface area (Å²) in [6, 6.07) is 9.76. The first-order valence-corrected chi connectivity index (χ1v) is 8.52. The van der Waals surface area contributed by atoms with E-state index in [2.05, 4.69) is 26.5 Å². The molecule has 6 nitrogen and oxygen atoms in total. The number of amides is 1. The maximum atomic E-state index is 11.8. The second-order valence-corrected chi connectivity index (χ2v) is 6.11. The molecule has 2 aromatic carbocycles. The minimum atomic E-state index is -0.415. The number of nitrogens with one attached hydrogen (secondary N) is 1. The molecule has 2 rings (SSSR count). The number of phenolic OH excluding ortho intramolecular Hbond substituents is 1. The number of carbonyl (C=O) groups excluding carboxylic acids is 1. The highest BCUT2D eigenvalue weighted by Gasteiger charge is 2.06. The number of carbonyl (C=O) groups is 1. The Hall–Kier alpha value is -2.25. The largest absolute Gasteiger partial charge is 0.504 e. The van der Waals surface area contributed by atoms with E-state index in [0.717, 1.165) is 0 Å². The molecule has 0 fully saturated rings. The zero-order valence-electron chi connectivity index (χ0n) is 13.3. The number of hydrogen-bond donors (Lipinski definition) is 2. The van der Waals surface area contributed by atoms with Crippen LogP contribution in [0, 0.1) is 0 Å². The lowest BCUT2D eigenvalue weighted by Gasteiger charge is -2.07. The van der Waals surface area contributed by atoms with Gasteiger partial charge in [-0.15, -0.1) is 0 Å². The monoisotopic (exact) mass is 426 g/mol. The van der Waals surface area contributed by atoms with Gasteiger partial charge in [-0.25, -0.2) is 5.43 Å². The minimum absolute atomic E-state index is 0.0463. The zero-order chi connectivity index (χ0) is 18.2. The summed E-state index contributed by atoms with van der Waals surface area (Å²) in [4.78, 5) is 11.8. The number of aromatic hydroxyl groups is 1. The Balaban J connectivity index is 1.87. The second kappa shape index (κ2) is 9.29. The van der Waals surface area contributed by atoms with Crippen molar-refractivity contribution in [1.82, 2.24) is 5.43 Å². The van der Waals surface area contributed by atoms with Crippen LogP contribution in [0.15, 0.2) is 46.0 Å². The molecule has 25 heavy (non-hydrogen) atoms. The summed E-state index contributed by atoms with van der Waals surface area (Å²) in [6.45, 7) is 2.05. The van der Waals surface area contributed by atoms with Crippen molar-refractivity contribution in [3.8, 4) is 17.2 Å². The van der Waals surface area contributed by atoms with Gasteiger partial charge in [0.1, 0.15) is 5.75 Å². The fraction of sp³-hybridized carbons (Fsp3) is 0.176. The molecule has 0 radical (unpaired) electrons. The van der Waals surface area contributed by atoms with Gasteiger partial charge in [0.05, 0.1) is 17.3 Å². The van der Waals surface area contributed by atoms with E-state index in [4.69, 9.17) is 21.1 Å². The van der Waals surface area contributed by atoms with Crippen molar-refractivity contribution in [2.75, 3.05) is 13.2 Å². The van der Waals surface area contributed by atoms with Crippen LogP contribution in [0.1, 0.15) is 12.5 Å². The maximum absolute atomic E-state index is 11.8. The summed E-state index contributed by atoms with van der Waals surface area (Å²) < 4.78 is 11.3. The van der Waals surface area contributed by atoms with Crippen LogP contribution in [-0.4, -0.2) is 30.4 Å². The number of nitrogens with zero attached hydrogens (tertiary/aromatic N) is 1. The number of hydrogen-bond acceptors (Lipinski definition) is 5. The lowest BCUT2D eigenvalue weighted by atomic mass is 10.2. The van der Waals surface area contributed by atoms with Crippen LogP contribution in [0.4, 0.5) is 0 Å². The van der Waals surface area contributed by atoms with Crippen LogP contribution < -0.4 is 14.9 Å². The minimum Gasteiger partial charge on any atom is -0.504 e. The topological polar surface area (TPSA) is 80.2 Å². The Bertz CT molecular complexity index is 783. The molecule has 0 saturated heterocycles. The molecule has 8 heteroatoms. The Morgan fingerprint density at radius 1 is 1.28 bits per heavy atom. The third-order valence-corrected chi connectivity index (χ3v) is 3.79. The molecule has 2 aromatic rings. The van der Waals surface area contributed by atoms with E-state index in [1.54, 1.807) is 30.3 Å². The third-order valence-electron chi connectivity index (χ3n) is 2.94. The van der Waals surface area contributed by atoms with Gasteiger partial charge in [-0.1, -0.05) is 11.6 Å². The fourth-order valence-corrected chi connectivity index (χ4v) is 2.63. The number of ether oxygens (including phenoxy) is 2. The van der Waals surface area contributed by atoms with Crippen molar-refractivity contribution in [3.05, 3.63) is 51.5 Å². The summed E-state index contributed by atoms with van der Waals surface area (Å²) in [5, 5.41) is 14.0. The van der Waals surface area contributed by atoms with Crippen LogP contribution in [-0.2, 0) is 4.79 Å². The van der Waals surface area contributed by atoms with Gasteiger partial charge in [-0.2, -0.15) is 5.10 Å². The number of rotatable bonds is 7. The Labute approximate surface area is 158 Å². The van der Waals surface area contributed by atoms with E-state index in [-0.39, 0.29) is 12.4 Å². The Kier molecular flexibility index (Phi) is 7.09. The van der Waals surface area contributed by atoms with Crippen LogP contribution in [0.2, 0.25) is 5.02 Å². The van der Waals surface area contributed by atoms with E-state index in [0.29, 0.717) is 33.2 Å². The van der Waals surface area contributed by atoms with Crippen LogP contribution in [0.5, 0.6) is 17.2 Å². The molecular weight excluding hydrogens is 412 g/mol. The van der Waals surface area contributed by atoms with Crippen LogP contribution in [0.3, 0.4) is 0 Å². The molecule has 2 N–H and O–H groups in total. The highest BCUT2D eigenvalue weighted by molar-refractivity contribution is 9.10. The third kappa shape index (κ3) is 5.95. The lowest BCUT2D eigenvalue weighted by molar-refractivity contribution is -0.123. The van der Waals surface area contributed by atoms with E-state index >= 15 is 0 Å². The molecule has 0 heterocycles. The Morgan fingerprint density at radius 3 is 2.80 bits per heavy atom. The predicted octanol–water partition coefficient (Wildman–Crippen LogP) is 3.74. The predicted molar refractivity (Wildman–Crippen MR) is 99.7 cm³/mol.